The monoisotopic (exact) mass is 442 g/mol. The lowest BCUT2D eigenvalue weighted by atomic mass is 10.0. The Balaban J connectivity index is 1.54. The van der Waals surface area contributed by atoms with Gasteiger partial charge in [0.1, 0.15) is 11.8 Å². The third-order valence-corrected chi connectivity index (χ3v) is 7.04. The van der Waals surface area contributed by atoms with E-state index in [0.29, 0.717) is 11.3 Å². The molecule has 0 bridgehead atoms. The molecule has 0 spiro atoms. The number of aromatic amines is 1. The Morgan fingerprint density at radius 3 is 2.82 bits per heavy atom. The number of pyridine rings is 1. The fourth-order valence-electron chi connectivity index (χ4n) is 5.39. The van der Waals surface area contributed by atoms with Gasteiger partial charge in [-0.15, -0.1) is 5.10 Å². The predicted molar refractivity (Wildman–Crippen MR) is 126 cm³/mol. The first-order chi connectivity index (χ1) is 16.2. The zero-order valence-corrected chi connectivity index (χ0v) is 18.6. The Labute approximate surface area is 191 Å². The summed E-state index contributed by atoms with van der Waals surface area (Å²) in [6.45, 7) is 0.807. The Hall–Kier alpha value is -3.68. The standard InChI is InChI=1S/C25H26N6O2/c1-33-19-11-10-17-14-20(25(32)26-21(17)15-19)23(30-13-12-16-6-2-5-9-22(16)30)24-27-28-29-31(24)18-7-3-4-8-18/h2,5-6,9-11,14-15,18,23H,3-4,7-8,12-13H2,1H3,(H,26,32)/t23-/m0/s1. The number of nitrogens with zero attached hydrogens (tertiary/aromatic N) is 5. The van der Waals surface area contributed by atoms with Gasteiger partial charge < -0.3 is 14.6 Å². The van der Waals surface area contributed by atoms with Crippen LogP contribution in [0.1, 0.15) is 54.7 Å². The maximum Gasteiger partial charge on any atom is 0.254 e. The van der Waals surface area contributed by atoms with Crippen LogP contribution >= 0.6 is 0 Å². The maximum atomic E-state index is 13.5. The van der Waals surface area contributed by atoms with Crippen molar-refractivity contribution in [3.05, 3.63) is 75.8 Å². The molecule has 1 saturated carbocycles. The molecule has 1 N–H and O–H groups in total. The van der Waals surface area contributed by atoms with Crippen LogP contribution in [-0.4, -0.2) is 38.8 Å². The van der Waals surface area contributed by atoms with Crippen LogP contribution in [0, 0.1) is 0 Å². The Bertz CT molecular complexity index is 1370. The number of aromatic nitrogens is 5. The summed E-state index contributed by atoms with van der Waals surface area (Å²) in [6.07, 6.45) is 5.42. The highest BCUT2D eigenvalue weighted by atomic mass is 16.5. The molecule has 0 amide bonds. The average molecular weight is 443 g/mol. The fourth-order valence-corrected chi connectivity index (χ4v) is 5.39. The van der Waals surface area contributed by atoms with Crippen LogP contribution in [0.25, 0.3) is 10.9 Å². The summed E-state index contributed by atoms with van der Waals surface area (Å²) in [5, 5.41) is 13.9. The average Bonchev–Trinajstić information content (AvgIpc) is 3.60. The van der Waals surface area contributed by atoms with E-state index in [1.54, 1.807) is 7.11 Å². The molecule has 4 aromatic rings. The second-order valence-electron chi connectivity index (χ2n) is 8.90. The van der Waals surface area contributed by atoms with Crippen molar-refractivity contribution in [3.8, 4) is 5.75 Å². The molecule has 3 heterocycles. The summed E-state index contributed by atoms with van der Waals surface area (Å²) in [5.41, 5.74) is 3.69. The molecular weight excluding hydrogens is 416 g/mol. The largest absolute Gasteiger partial charge is 0.497 e. The molecule has 0 saturated heterocycles. The van der Waals surface area contributed by atoms with Gasteiger partial charge in [0.15, 0.2) is 5.82 Å². The second kappa shape index (κ2) is 8.03. The Morgan fingerprint density at radius 1 is 1.12 bits per heavy atom. The number of ether oxygens (including phenoxy) is 1. The van der Waals surface area contributed by atoms with E-state index in [4.69, 9.17) is 4.74 Å². The number of benzene rings is 2. The molecule has 1 atom stereocenters. The fraction of sp³-hybridized carbons (Fsp3) is 0.360. The quantitative estimate of drug-likeness (QED) is 0.506. The third kappa shape index (κ3) is 3.37. The van der Waals surface area contributed by atoms with E-state index in [2.05, 4.69) is 43.6 Å². The molecule has 0 unspecified atom stereocenters. The summed E-state index contributed by atoms with van der Waals surface area (Å²) in [6, 6.07) is 16.0. The van der Waals surface area contributed by atoms with Gasteiger partial charge in [0.25, 0.3) is 5.56 Å². The van der Waals surface area contributed by atoms with Gasteiger partial charge in [-0.3, -0.25) is 4.79 Å². The molecule has 168 valence electrons. The number of nitrogens with one attached hydrogen (secondary N) is 1. The van der Waals surface area contributed by atoms with Gasteiger partial charge in [0.05, 0.1) is 18.7 Å². The number of tetrazole rings is 1. The van der Waals surface area contributed by atoms with Crippen LogP contribution in [0.5, 0.6) is 5.75 Å². The molecular formula is C25H26N6O2. The number of methoxy groups -OCH3 is 1. The van der Waals surface area contributed by atoms with Crippen LogP contribution in [0.2, 0.25) is 0 Å². The first kappa shape index (κ1) is 20.0. The summed E-state index contributed by atoms with van der Waals surface area (Å²) < 4.78 is 7.30. The predicted octanol–water partition coefficient (Wildman–Crippen LogP) is 3.79. The van der Waals surface area contributed by atoms with Crippen LogP contribution in [-0.2, 0) is 6.42 Å². The van der Waals surface area contributed by atoms with Crippen molar-refractivity contribution in [2.24, 2.45) is 0 Å². The van der Waals surface area contributed by atoms with Crippen LogP contribution in [0.15, 0.2) is 53.3 Å². The second-order valence-corrected chi connectivity index (χ2v) is 8.90. The van der Waals surface area contributed by atoms with E-state index in [-0.39, 0.29) is 17.6 Å². The molecule has 8 heteroatoms. The molecule has 33 heavy (non-hydrogen) atoms. The highest BCUT2D eigenvalue weighted by Crippen LogP contribution is 2.39. The van der Waals surface area contributed by atoms with E-state index >= 15 is 0 Å². The van der Waals surface area contributed by atoms with E-state index < -0.39 is 0 Å². The molecule has 2 aromatic carbocycles. The van der Waals surface area contributed by atoms with Crippen molar-refractivity contribution in [2.45, 2.75) is 44.2 Å². The molecule has 8 nitrogen and oxygen atoms in total. The normalized spacial score (nSPS) is 16.9. The van der Waals surface area contributed by atoms with Gasteiger partial charge in [0.2, 0.25) is 0 Å². The Kier molecular flexibility index (Phi) is 4.86. The molecule has 1 aliphatic heterocycles. The minimum absolute atomic E-state index is 0.133. The van der Waals surface area contributed by atoms with Gasteiger partial charge in [-0.2, -0.15) is 0 Å². The van der Waals surface area contributed by atoms with Gasteiger partial charge >= 0.3 is 0 Å². The van der Waals surface area contributed by atoms with Gasteiger partial charge in [-0.05, 0) is 64.9 Å². The van der Waals surface area contributed by atoms with Crippen molar-refractivity contribution in [1.29, 1.82) is 0 Å². The van der Waals surface area contributed by atoms with Gasteiger partial charge in [-0.25, -0.2) is 4.68 Å². The van der Waals surface area contributed by atoms with Crippen molar-refractivity contribution in [1.82, 2.24) is 25.2 Å². The highest BCUT2D eigenvalue weighted by Gasteiger charge is 2.36. The molecule has 2 aliphatic rings. The SMILES string of the molecule is COc1ccc2cc([C@@H](c3nnnn3C3CCCC3)N3CCc4ccccc43)c(=O)[nH]c2c1. The zero-order valence-electron chi connectivity index (χ0n) is 18.6. The summed E-state index contributed by atoms with van der Waals surface area (Å²) in [4.78, 5) is 18.8. The number of hydrogen-bond donors (Lipinski definition) is 1. The molecule has 1 fully saturated rings. The van der Waals surface area contributed by atoms with E-state index in [9.17, 15) is 4.79 Å². The first-order valence-corrected chi connectivity index (χ1v) is 11.6. The summed E-state index contributed by atoms with van der Waals surface area (Å²) in [5.74, 6) is 1.44. The zero-order chi connectivity index (χ0) is 22.4. The van der Waals surface area contributed by atoms with Crippen molar-refractivity contribution in [2.75, 3.05) is 18.6 Å². The lowest BCUT2D eigenvalue weighted by Gasteiger charge is -2.30. The number of H-pyrrole nitrogens is 1. The summed E-state index contributed by atoms with van der Waals surface area (Å²) in [7, 11) is 1.62. The molecule has 6 rings (SSSR count). The van der Waals surface area contributed by atoms with Crippen LogP contribution in [0.3, 0.4) is 0 Å². The van der Waals surface area contributed by atoms with E-state index in [1.807, 2.05) is 35.0 Å². The molecule has 1 aliphatic carbocycles. The van der Waals surface area contributed by atoms with Crippen LogP contribution < -0.4 is 15.2 Å². The van der Waals surface area contributed by atoms with Gasteiger partial charge in [-0.1, -0.05) is 31.0 Å². The number of fused-ring (bicyclic) bond motifs is 2. The third-order valence-electron chi connectivity index (χ3n) is 7.04. The van der Waals surface area contributed by atoms with E-state index in [0.717, 1.165) is 48.2 Å². The number of para-hydroxylation sites is 1. The van der Waals surface area contributed by atoms with Crippen molar-refractivity contribution >= 4 is 16.6 Å². The first-order valence-electron chi connectivity index (χ1n) is 11.6. The minimum Gasteiger partial charge on any atom is -0.497 e. The van der Waals surface area contributed by atoms with Crippen molar-refractivity contribution in [3.63, 3.8) is 0 Å². The highest BCUT2D eigenvalue weighted by molar-refractivity contribution is 5.81. The van der Waals surface area contributed by atoms with Crippen LogP contribution in [0.4, 0.5) is 5.69 Å². The summed E-state index contributed by atoms with van der Waals surface area (Å²) >= 11 is 0. The van der Waals surface area contributed by atoms with Crippen molar-refractivity contribution < 1.29 is 4.74 Å². The van der Waals surface area contributed by atoms with Gasteiger partial charge in [0, 0.05) is 23.9 Å². The maximum absolute atomic E-state index is 13.5. The lowest BCUT2D eigenvalue weighted by Crippen LogP contribution is -2.34. The lowest BCUT2D eigenvalue weighted by molar-refractivity contribution is 0.415. The number of anilines is 1. The number of hydrogen-bond acceptors (Lipinski definition) is 6. The molecule has 0 radical (unpaired) electrons. The minimum atomic E-state index is -0.375. The smallest absolute Gasteiger partial charge is 0.254 e. The molecule has 2 aromatic heterocycles. The topological polar surface area (TPSA) is 88.9 Å². The number of rotatable bonds is 5. The van der Waals surface area contributed by atoms with E-state index in [1.165, 1.54) is 18.4 Å². The Morgan fingerprint density at radius 2 is 1.97 bits per heavy atom.